The summed E-state index contributed by atoms with van der Waals surface area (Å²) in [7, 11) is 1.90. The Kier molecular flexibility index (Phi) is 4.87. The Morgan fingerprint density at radius 1 is 1.53 bits per heavy atom. The van der Waals surface area contributed by atoms with Crippen LogP contribution in [0.5, 0.6) is 0 Å². The lowest BCUT2D eigenvalue weighted by Crippen LogP contribution is -2.47. The van der Waals surface area contributed by atoms with Crippen LogP contribution in [0.3, 0.4) is 0 Å². The second-order valence-electron chi connectivity index (χ2n) is 5.20. The molecule has 5 heteroatoms. The van der Waals surface area contributed by atoms with E-state index in [1.807, 2.05) is 36.5 Å². The maximum absolute atomic E-state index is 10.8. The number of carboxylic acid groups (broad SMARTS) is 1. The molecule has 0 aliphatic carbocycles. The quantitative estimate of drug-likeness (QED) is 0.861. The maximum Gasteiger partial charge on any atom is 0.317 e. The van der Waals surface area contributed by atoms with E-state index in [4.69, 9.17) is 5.11 Å². The van der Waals surface area contributed by atoms with E-state index in [9.17, 15) is 4.79 Å². The predicted octanol–water partition coefficient (Wildman–Crippen LogP) is 1.06. The number of piperidine rings is 1. The first-order valence-electron chi connectivity index (χ1n) is 6.68. The van der Waals surface area contributed by atoms with Crippen LogP contribution in [0, 0.1) is 0 Å². The second-order valence-corrected chi connectivity index (χ2v) is 5.20. The van der Waals surface area contributed by atoms with Crippen molar-refractivity contribution in [2.24, 2.45) is 0 Å². The predicted molar refractivity (Wildman–Crippen MR) is 72.8 cm³/mol. The smallest absolute Gasteiger partial charge is 0.317 e. The molecular formula is C14H21N3O2. The molecule has 1 atom stereocenters. The van der Waals surface area contributed by atoms with E-state index in [2.05, 4.69) is 9.88 Å². The van der Waals surface area contributed by atoms with Crippen LogP contribution in [0.4, 0.5) is 0 Å². The zero-order chi connectivity index (χ0) is 13.7. The molecule has 0 amide bonds. The summed E-state index contributed by atoms with van der Waals surface area (Å²) < 4.78 is 0. The number of nitrogens with zero attached hydrogens (tertiary/aromatic N) is 3. The zero-order valence-electron chi connectivity index (χ0n) is 11.3. The third-order valence-corrected chi connectivity index (χ3v) is 3.64. The van der Waals surface area contributed by atoms with Crippen LogP contribution in [-0.4, -0.2) is 58.6 Å². The fourth-order valence-corrected chi connectivity index (χ4v) is 2.62. The van der Waals surface area contributed by atoms with Gasteiger partial charge < -0.3 is 5.11 Å². The first kappa shape index (κ1) is 14.0. The van der Waals surface area contributed by atoms with Crippen molar-refractivity contribution in [1.82, 2.24) is 14.8 Å². The first-order chi connectivity index (χ1) is 9.15. The van der Waals surface area contributed by atoms with Crippen molar-refractivity contribution >= 4 is 5.97 Å². The van der Waals surface area contributed by atoms with Crippen molar-refractivity contribution in [1.29, 1.82) is 0 Å². The summed E-state index contributed by atoms with van der Waals surface area (Å²) in [5.74, 6) is -0.756. The number of carbonyl (C=O) groups is 1. The fraction of sp³-hybridized carbons (Fsp3) is 0.571. The number of likely N-dealkylation sites (tertiary alicyclic amines) is 1. The number of rotatable bonds is 5. The molecule has 0 saturated carbocycles. The summed E-state index contributed by atoms with van der Waals surface area (Å²) in [4.78, 5) is 19.1. The van der Waals surface area contributed by atoms with Gasteiger partial charge in [-0.25, -0.2) is 0 Å². The Hall–Kier alpha value is -1.46. The van der Waals surface area contributed by atoms with Gasteiger partial charge in [0.1, 0.15) is 0 Å². The van der Waals surface area contributed by atoms with Gasteiger partial charge in [0.05, 0.1) is 6.54 Å². The Bertz CT molecular complexity index is 410. The lowest BCUT2D eigenvalue weighted by atomic mass is 10.0. The molecule has 1 aromatic rings. The molecule has 104 valence electrons. The van der Waals surface area contributed by atoms with E-state index in [0.29, 0.717) is 6.04 Å². The van der Waals surface area contributed by atoms with Gasteiger partial charge in [-0.2, -0.15) is 0 Å². The Morgan fingerprint density at radius 2 is 2.26 bits per heavy atom. The number of carboxylic acids is 1. The van der Waals surface area contributed by atoms with E-state index in [-0.39, 0.29) is 6.54 Å². The minimum absolute atomic E-state index is 0.119. The van der Waals surface area contributed by atoms with Gasteiger partial charge in [0.25, 0.3) is 0 Å². The normalized spacial score (nSPS) is 20.6. The number of aliphatic carboxylic acids is 1. The summed E-state index contributed by atoms with van der Waals surface area (Å²) in [6.07, 6.45) is 5.83. The third kappa shape index (κ3) is 4.29. The van der Waals surface area contributed by atoms with E-state index < -0.39 is 5.97 Å². The minimum Gasteiger partial charge on any atom is -0.480 e. The van der Waals surface area contributed by atoms with Crippen LogP contribution in [0.2, 0.25) is 0 Å². The number of aromatic nitrogens is 1. The van der Waals surface area contributed by atoms with Crippen molar-refractivity contribution in [3.63, 3.8) is 0 Å². The molecule has 1 aliphatic heterocycles. The Labute approximate surface area is 113 Å². The monoisotopic (exact) mass is 263 g/mol. The minimum atomic E-state index is -0.756. The number of hydrogen-bond donors (Lipinski definition) is 1. The van der Waals surface area contributed by atoms with Crippen LogP contribution >= 0.6 is 0 Å². The zero-order valence-corrected chi connectivity index (χ0v) is 11.3. The molecule has 5 nitrogen and oxygen atoms in total. The summed E-state index contributed by atoms with van der Waals surface area (Å²) in [6, 6.07) is 4.40. The lowest BCUT2D eigenvalue weighted by Gasteiger charge is -2.37. The van der Waals surface area contributed by atoms with Crippen LogP contribution < -0.4 is 0 Å². The summed E-state index contributed by atoms with van der Waals surface area (Å²) >= 11 is 0. The number of likely N-dealkylation sites (N-methyl/N-ethyl adjacent to an activating group) is 1. The van der Waals surface area contributed by atoms with Crippen LogP contribution in [0.15, 0.2) is 24.5 Å². The number of pyridine rings is 1. The van der Waals surface area contributed by atoms with Gasteiger partial charge in [-0.05, 0) is 44.1 Å². The van der Waals surface area contributed by atoms with Crippen molar-refractivity contribution in [3.05, 3.63) is 30.1 Å². The Morgan fingerprint density at radius 3 is 2.95 bits per heavy atom. The molecule has 2 heterocycles. The second kappa shape index (κ2) is 6.63. The number of hydrogen-bond acceptors (Lipinski definition) is 4. The largest absolute Gasteiger partial charge is 0.480 e. The van der Waals surface area contributed by atoms with Crippen molar-refractivity contribution in [2.75, 3.05) is 26.7 Å². The lowest BCUT2D eigenvalue weighted by molar-refractivity contribution is -0.138. The molecule has 1 N–H and O–H groups in total. The van der Waals surface area contributed by atoms with Crippen LogP contribution in [-0.2, 0) is 11.3 Å². The molecule has 0 spiro atoms. The van der Waals surface area contributed by atoms with Crippen LogP contribution in [0.25, 0.3) is 0 Å². The first-order valence-corrected chi connectivity index (χ1v) is 6.68. The molecular weight excluding hydrogens is 242 g/mol. The highest BCUT2D eigenvalue weighted by Gasteiger charge is 2.24. The Balaban J connectivity index is 1.88. The maximum atomic E-state index is 10.8. The average Bonchev–Trinajstić information content (AvgIpc) is 2.39. The summed E-state index contributed by atoms with van der Waals surface area (Å²) in [6.45, 7) is 3.06. The van der Waals surface area contributed by atoms with Gasteiger partial charge in [-0.15, -0.1) is 0 Å². The fourth-order valence-electron chi connectivity index (χ4n) is 2.62. The van der Waals surface area contributed by atoms with Crippen molar-refractivity contribution in [3.8, 4) is 0 Å². The van der Waals surface area contributed by atoms with E-state index in [1.54, 1.807) is 0 Å². The molecule has 1 aromatic heterocycles. The highest BCUT2D eigenvalue weighted by Crippen LogP contribution is 2.16. The summed E-state index contributed by atoms with van der Waals surface area (Å²) in [5.41, 5.74) is 1.26. The van der Waals surface area contributed by atoms with Gasteiger partial charge in [-0.1, -0.05) is 0 Å². The van der Waals surface area contributed by atoms with Gasteiger partial charge in [0.2, 0.25) is 0 Å². The molecule has 1 aliphatic rings. The average molecular weight is 263 g/mol. The molecule has 1 saturated heterocycles. The summed E-state index contributed by atoms with van der Waals surface area (Å²) in [5, 5.41) is 8.85. The van der Waals surface area contributed by atoms with Gasteiger partial charge >= 0.3 is 5.97 Å². The van der Waals surface area contributed by atoms with E-state index in [0.717, 1.165) is 32.5 Å². The van der Waals surface area contributed by atoms with Gasteiger partial charge in [0.15, 0.2) is 0 Å². The van der Waals surface area contributed by atoms with E-state index >= 15 is 0 Å². The highest BCUT2D eigenvalue weighted by atomic mass is 16.4. The molecule has 0 aromatic carbocycles. The third-order valence-electron chi connectivity index (χ3n) is 3.64. The molecule has 1 unspecified atom stereocenters. The molecule has 0 radical (unpaired) electrons. The molecule has 2 rings (SSSR count). The van der Waals surface area contributed by atoms with E-state index in [1.165, 1.54) is 5.56 Å². The topological polar surface area (TPSA) is 56.7 Å². The van der Waals surface area contributed by atoms with Crippen molar-refractivity contribution in [2.45, 2.75) is 25.4 Å². The van der Waals surface area contributed by atoms with Gasteiger partial charge in [-0.3, -0.25) is 19.6 Å². The highest BCUT2D eigenvalue weighted by molar-refractivity contribution is 5.69. The standard InChI is InChI=1S/C14H21N3O2/c1-16(11-14(18)19)13-3-2-8-17(10-13)9-12-4-6-15-7-5-12/h4-7,13H,2-3,8-11H2,1H3,(H,18,19). The molecule has 0 bridgehead atoms. The van der Waals surface area contributed by atoms with Crippen molar-refractivity contribution < 1.29 is 9.90 Å². The SMILES string of the molecule is CN(CC(=O)O)C1CCCN(Cc2ccncc2)C1. The molecule has 19 heavy (non-hydrogen) atoms. The molecule has 1 fully saturated rings. The van der Waals surface area contributed by atoms with Crippen LogP contribution in [0.1, 0.15) is 18.4 Å². The van der Waals surface area contributed by atoms with Gasteiger partial charge in [0, 0.05) is 31.5 Å².